The maximum Gasteiger partial charge on any atom is 0.232 e. The summed E-state index contributed by atoms with van der Waals surface area (Å²) in [5, 5.41) is 12.4. The smallest absolute Gasteiger partial charge is 0.232 e. The van der Waals surface area contributed by atoms with Crippen molar-refractivity contribution in [2.75, 3.05) is 13.1 Å². The Morgan fingerprint density at radius 3 is 2.64 bits per heavy atom. The van der Waals surface area contributed by atoms with Crippen molar-refractivity contribution in [2.45, 2.75) is 32.2 Å². The molecule has 130 valence electrons. The molecule has 1 fully saturated rings. The number of carbonyl (C=O) groups is 1. The molecule has 0 bridgehead atoms. The zero-order valence-electron chi connectivity index (χ0n) is 14.0. The van der Waals surface area contributed by atoms with E-state index >= 15 is 0 Å². The third-order valence-corrected chi connectivity index (χ3v) is 4.95. The average molecular weight is 339 g/mol. The lowest BCUT2D eigenvalue weighted by Crippen LogP contribution is -3.10. The van der Waals surface area contributed by atoms with Gasteiger partial charge in [0.15, 0.2) is 5.76 Å². The Morgan fingerprint density at radius 1 is 1.12 bits per heavy atom. The summed E-state index contributed by atoms with van der Waals surface area (Å²) in [5.41, 5.74) is 1.09. The van der Waals surface area contributed by atoms with E-state index in [-0.39, 0.29) is 17.3 Å². The number of ether oxygens (including phenoxy) is 1. The molecule has 2 aliphatic heterocycles. The molecule has 5 heteroatoms. The molecule has 5 nitrogen and oxygen atoms in total. The molecule has 3 heterocycles. The Balaban J connectivity index is 1.64. The first-order chi connectivity index (χ1) is 12.2. The number of rotatable bonds is 3. The number of carbonyl (C=O) groups excluding carboxylic acids is 1. The van der Waals surface area contributed by atoms with Gasteiger partial charge in [0.05, 0.1) is 24.9 Å². The highest BCUT2D eigenvalue weighted by Crippen LogP contribution is 2.38. The summed E-state index contributed by atoms with van der Waals surface area (Å²) < 4.78 is 11.1. The Labute approximate surface area is 146 Å². The van der Waals surface area contributed by atoms with Gasteiger partial charge in [0.1, 0.15) is 18.1 Å². The van der Waals surface area contributed by atoms with Gasteiger partial charge in [0, 0.05) is 11.6 Å². The van der Waals surface area contributed by atoms with Crippen LogP contribution in [0, 0.1) is 0 Å². The fraction of sp³-hybridized carbons (Fsp3) is 0.350. The molecule has 1 aromatic carbocycles. The second-order valence-corrected chi connectivity index (χ2v) is 6.72. The zero-order valence-corrected chi connectivity index (χ0v) is 14.0. The first-order valence-corrected chi connectivity index (χ1v) is 8.86. The van der Waals surface area contributed by atoms with Gasteiger partial charge in [-0.15, -0.1) is 0 Å². The van der Waals surface area contributed by atoms with Crippen molar-refractivity contribution in [3.8, 4) is 11.5 Å². The fourth-order valence-electron chi connectivity index (χ4n) is 3.61. The monoisotopic (exact) mass is 339 g/mol. The van der Waals surface area contributed by atoms with Crippen LogP contribution in [-0.4, -0.2) is 18.9 Å². The van der Waals surface area contributed by atoms with E-state index < -0.39 is 0 Å². The number of furan rings is 1. The summed E-state index contributed by atoms with van der Waals surface area (Å²) in [5.74, 6) is 0.953. The molecule has 0 spiro atoms. The van der Waals surface area contributed by atoms with Gasteiger partial charge in [-0.05, 0) is 43.9 Å². The summed E-state index contributed by atoms with van der Waals surface area (Å²) in [6.07, 6.45) is 8.00. The van der Waals surface area contributed by atoms with Gasteiger partial charge in [-0.1, -0.05) is 11.8 Å². The Hall–Kier alpha value is -2.53. The van der Waals surface area contributed by atoms with Crippen molar-refractivity contribution in [3.63, 3.8) is 0 Å². The molecule has 0 aliphatic carbocycles. The average Bonchev–Trinajstić information content (AvgIpc) is 3.13. The van der Waals surface area contributed by atoms with E-state index in [1.807, 2.05) is 0 Å². The van der Waals surface area contributed by atoms with E-state index in [2.05, 4.69) is 0 Å². The number of nitrogens with one attached hydrogen (secondary N) is 1. The molecule has 0 atom stereocenters. The molecule has 0 radical (unpaired) electrons. The standard InChI is InChI=1S/C20H21NO4/c22-17-8-7-15-19(23)18(12-14-6-5-11-24-14)25-20(15)16(17)13-21-9-3-1-2-4-10-21/h5-8,11-12,22H,1-4,9-10,13H2/b18-12-. The molecule has 1 N–H and O–H groups in total. The minimum atomic E-state index is -0.196. The summed E-state index contributed by atoms with van der Waals surface area (Å²) >= 11 is 0. The van der Waals surface area contributed by atoms with Crippen molar-refractivity contribution < 1.29 is 24.0 Å². The lowest BCUT2D eigenvalue weighted by atomic mass is 10.0. The zero-order chi connectivity index (χ0) is 17.2. The van der Waals surface area contributed by atoms with Crippen molar-refractivity contribution in [1.82, 2.24) is 0 Å². The van der Waals surface area contributed by atoms with E-state index in [0.29, 0.717) is 29.2 Å². The SMILES string of the molecule is O=C1/C(=C/c2ccco2)Oc2c1ccc([O-])c2C[NH+]1CCCCCC1. The highest BCUT2D eigenvalue weighted by atomic mass is 16.5. The number of benzene rings is 1. The highest BCUT2D eigenvalue weighted by Gasteiger charge is 2.31. The molecule has 1 aromatic heterocycles. The van der Waals surface area contributed by atoms with Gasteiger partial charge in [-0.3, -0.25) is 4.79 Å². The second-order valence-electron chi connectivity index (χ2n) is 6.72. The van der Waals surface area contributed by atoms with Crippen LogP contribution in [0.2, 0.25) is 0 Å². The maximum absolute atomic E-state index is 12.6. The molecule has 0 unspecified atom stereocenters. The molecule has 25 heavy (non-hydrogen) atoms. The van der Waals surface area contributed by atoms with E-state index in [0.717, 1.165) is 13.1 Å². The topological polar surface area (TPSA) is 66.9 Å². The molecule has 2 aromatic rings. The maximum atomic E-state index is 12.6. The van der Waals surface area contributed by atoms with E-state index in [1.54, 1.807) is 30.5 Å². The number of hydrogen-bond acceptors (Lipinski definition) is 4. The molecule has 2 aliphatic rings. The van der Waals surface area contributed by atoms with Gasteiger partial charge in [0.2, 0.25) is 5.78 Å². The molecule has 4 rings (SSSR count). The summed E-state index contributed by atoms with van der Waals surface area (Å²) in [7, 11) is 0. The Morgan fingerprint density at radius 2 is 1.92 bits per heavy atom. The molecule has 0 amide bonds. The van der Waals surface area contributed by atoms with Crippen LogP contribution in [0.25, 0.3) is 6.08 Å². The number of allylic oxidation sites excluding steroid dienone is 1. The number of quaternary nitrogens is 1. The van der Waals surface area contributed by atoms with Crippen molar-refractivity contribution in [3.05, 3.63) is 53.2 Å². The Kier molecular flexibility index (Phi) is 4.32. The van der Waals surface area contributed by atoms with Crippen LogP contribution in [0.1, 0.15) is 47.4 Å². The number of ketones is 1. The lowest BCUT2D eigenvalue weighted by molar-refractivity contribution is -0.913. The van der Waals surface area contributed by atoms with Crippen LogP contribution in [0.3, 0.4) is 0 Å². The molecule has 0 saturated carbocycles. The number of fused-ring (bicyclic) bond motifs is 1. The largest absolute Gasteiger partial charge is 0.872 e. The predicted molar refractivity (Wildman–Crippen MR) is 90.4 cm³/mol. The summed E-state index contributed by atoms with van der Waals surface area (Å²) in [6.45, 7) is 2.74. The van der Waals surface area contributed by atoms with Crippen molar-refractivity contribution in [2.24, 2.45) is 0 Å². The minimum absolute atomic E-state index is 0.0532. The van der Waals surface area contributed by atoms with Crippen molar-refractivity contribution >= 4 is 11.9 Å². The van der Waals surface area contributed by atoms with E-state index in [9.17, 15) is 9.90 Å². The van der Waals surface area contributed by atoms with Crippen LogP contribution in [0.4, 0.5) is 0 Å². The van der Waals surface area contributed by atoms with Gasteiger partial charge < -0.3 is 19.2 Å². The third kappa shape index (κ3) is 3.20. The van der Waals surface area contributed by atoms with Crippen LogP contribution in [0.5, 0.6) is 11.5 Å². The summed E-state index contributed by atoms with van der Waals surface area (Å²) in [4.78, 5) is 14.0. The lowest BCUT2D eigenvalue weighted by Gasteiger charge is -2.22. The highest BCUT2D eigenvalue weighted by molar-refractivity contribution is 6.14. The van der Waals surface area contributed by atoms with Crippen LogP contribution in [0.15, 0.2) is 40.7 Å². The second kappa shape index (κ2) is 6.76. The first-order valence-electron chi connectivity index (χ1n) is 8.86. The Bertz CT molecular complexity index is 799. The normalized spacial score (nSPS) is 19.7. The molecule has 1 saturated heterocycles. The van der Waals surface area contributed by atoms with Crippen LogP contribution >= 0.6 is 0 Å². The fourth-order valence-corrected chi connectivity index (χ4v) is 3.61. The number of hydrogen-bond donors (Lipinski definition) is 1. The van der Waals surface area contributed by atoms with Gasteiger partial charge in [0.25, 0.3) is 0 Å². The molecular formula is C20H21NO4. The van der Waals surface area contributed by atoms with E-state index in [4.69, 9.17) is 9.15 Å². The predicted octanol–water partition coefficient (Wildman–Crippen LogP) is 1.93. The molecular weight excluding hydrogens is 318 g/mol. The van der Waals surface area contributed by atoms with Crippen molar-refractivity contribution in [1.29, 1.82) is 0 Å². The van der Waals surface area contributed by atoms with Gasteiger partial charge in [-0.2, -0.15) is 0 Å². The van der Waals surface area contributed by atoms with Gasteiger partial charge >= 0.3 is 0 Å². The van der Waals surface area contributed by atoms with Crippen LogP contribution < -0.4 is 14.7 Å². The van der Waals surface area contributed by atoms with E-state index in [1.165, 1.54) is 36.6 Å². The quantitative estimate of drug-likeness (QED) is 0.868. The summed E-state index contributed by atoms with van der Waals surface area (Å²) in [6, 6.07) is 6.57. The third-order valence-electron chi connectivity index (χ3n) is 4.95. The van der Waals surface area contributed by atoms with Gasteiger partial charge in [-0.25, -0.2) is 0 Å². The minimum Gasteiger partial charge on any atom is -0.872 e. The first kappa shape index (κ1) is 16.0. The number of likely N-dealkylation sites (tertiary alicyclic amines) is 1. The van der Waals surface area contributed by atoms with Crippen LogP contribution in [-0.2, 0) is 6.54 Å². The number of Topliss-reactive ketones (excluding diaryl/α,β-unsaturated/α-hetero) is 1.